The first kappa shape index (κ1) is 11.9. The summed E-state index contributed by atoms with van der Waals surface area (Å²) in [7, 11) is 4.35. The largest absolute Gasteiger partial charge is 0.306 e. The van der Waals surface area contributed by atoms with Crippen LogP contribution in [0.4, 0.5) is 0 Å². The summed E-state index contributed by atoms with van der Waals surface area (Å²) >= 11 is 5.83. The summed E-state index contributed by atoms with van der Waals surface area (Å²) in [6.07, 6.45) is 7.18. The SMILES string of the molecule is CN(C)C1CCCCC1c1ccc(Cl)nc1. The van der Waals surface area contributed by atoms with Gasteiger partial charge in [0, 0.05) is 18.2 Å². The van der Waals surface area contributed by atoms with Crippen molar-refractivity contribution in [1.29, 1.82) is 0 Å². The molecule has 0 radical (unpaired) electrons. The summed E-state index contributed by atoms with van der Waals surface area (Å²) in [5.74, 6) is 0.619. The van der Waals surface area contributed by atoms with Crippen molar-refractivity contribution in [3.05, 3.63) is 29.0 Å². The average molecular weight is 239 g/mol. The maximum atomic E-state index is 5.83. The molecule has 0 spiro atoms. The zero-order valence-electron chi connectivity index (χ0n) is 9.99. The zero-order chi connectivity index (χ0) is 11.5. The predicted molar refractivity (Wildman–Crippen MR) is 67.9 cm³/mol. The Balaban J connectivity index is 2.19. The molecule has 0 aliphatic heterocycles. The van der Waals surface area contributed by atoms with Crippen LogP contribution in [-0.2, 0) is 0 Å². The molecule has 2 atom stereocenters. The fourth-order valence-corrected chi connectivity index (χ4v) is 2.84. The molecule has 1 aromatic rings. The molecule has 3 heteroatoms. The van der Waals surface area contributed by atoms with Crippen molar-refractivity contribution < 1.29 is 0 Å². The van der Waals surface area contributed by atoms with Crippen LogP contribution in [0.1, 0.15) is 37.2 Å². The lowest BCUT2D eigenvalue weighted by molar-refractivity contribution is 0.199. The third kappa shape index (κ3) is 2.55. The minimum atomic E-state index is 0.584. The fraction of sp³-hybridized carbons (Fsp3) is 0.615. The van der Waals surface area contributed by atoms with Gasteiger partial charge in [-0.1, -0.05) is 30.5 Å². The second kappa shape index (κ2) is 5.15. The number of pyridine rings is 1. The standard InChI is InChI=1S/C13H19ClN2/c1-16(2)12-6-4-3-5-11(12)10-7-8-13(14)15-9-10/h7-9,11-12H,3-6H2,1-2H3. The van der Waals surface area contributed by atoms with Gasteiger partial charge in [-0.05, 0) is 38.6 Å². The molecule has 0 aromatic carbocycles. The second-order valence-electron chi connectivity index (χ2n) is 4.84. The first-order chi connectivity index (χ1) is 7.68. The van der Waals surface area contributed by atoms with Gasteiger partial charge in [0.05, 0.1) is 0 Å². The summed E-state index contributed by atoms with van der Waals surface area (Å²) < 4.78 is 0. The third-order valence-electron chi connectivity index (χ3n) is 3.57. The van der Waals surface area contributed by atoms with Crippen molar-refractivity contribution in [3.63, 3.8) is 0 Å². The van der Waals surface area contributed by atoms with E-state index in [0.717, 1.165) is 0 Å². The Hall–Kier alpha value is -0.600. The lowest BCUT2D eigenvalue weighted by Crippen LogP contribution is -2.36. The number of rotatable bonds is 2. The molecule has 2 unspecified atom stereocenters. The number of hydrogen-bond donors (Lipinski definition) is 0. The van der Waals surface area contributed by atoms with Crippen LogP contribution in [0.15, 0.2) is 18.3 Å². The van der Waals surface area contributed by atoms with Crippen LogP contribution in [0.25, 0.3) is 0 Å². The quantitative estimate of drug-likeness (QED) is 0.735. The molecule has 1 heterocycles. The third-order valence-corrected chi connectivity index (χ3v) is 3.79. The van der Waals surface area contributed by atoms with Crippen LogP contribution in [0, 0.1) is 0 Å². The highest BCUT2D eigenvalue weighted by Crippen LogP contribution is 2.35. The molecule has 2 rings (SSSR count). The maximum Gasteiger partial charge on any atom is 0.129 e. The molecule has 1 saturated carbocycles. The van der Waals surface area contributed by atoms with Crippen LogP contribution >= 0.6 is 11.6 Å². The minimum Gasteiger partial charge on any atom is -0.306 e. The van der Waals surface area contributed by atoms with Gasteiger partial charge in [0.2, 0.25) is 0 Å². The van der Waals surface area contributed by atoms with E-state index in [9.17, 15) is 0 Å². The zero-order valence-corrected chi connectivity index (χ0v) is 10.7. The smallest absolute Gasteiger partial charge is 0.129 e. The minimum absolute atomic E-state index is 0.584. The van der Waals surface area contributed by atoms with Gasteiger partial charge in [-0.15, -0.1) is 0 Å². The van der Waals surface area contributed by atoms with Crippen molar-refractivity contribution in [1.82, 2.24) is 9.88 Å². The summed E-state index contributed by atoms with van der Waals surface area (Å²) in [4.78, 5) is 6.54. The molecular weight excluding hydrogens is 220 g/mol. The van der Waals surface area contributed by atoms with Crippen LogP contribution in [0.3, 0.4) is 0 Å². The Bertz CT molecular complexity index is 334. The molecule has 1 aromatic heterocycles. The lowest BCUT2D eigenvalue weighted by Gasteiger charge is -2.36. The highest BCUT2D eigenvalue weighted by Gasteiger charge is 2.27. The van der Waals surface area contributed by atoms with E-state index in [-0.39, 0.29) is 0 Å². The van der Waals surface area contributed by atoms with Crippen molar-refractivity contribution in [2.75, 3.05) is 14.1 Å². The maximum absolute atomic E-state index is 5.83. The molecular formula is C13H19ClN2. The van der Waals surface area contributed by atoms with E-state index in [2.05, 4.69) is 30.0 Å². The molecule has 0 bridgehead atoms. The van der Waals surface area contributed by atoms with Crippen LogP contribution in [0.5, 0.6) is 0 Å². The predicted octanol–water partition coefficient (Wildman–Crippen LogP) is 3.32. The Morgan fingerprint density at radius 3 is 2.62 bits per heavy atom. The number of nitrogens with zero attached hydrogens (tertiary/aromatic N) is 2. The summed E-state index contributed by atoms with van der Waals surface area (Å²) in [5.41, 5.74) is 1.34. The topological polar surface area (TPSA) is 16.1 Å². The first-order valence-corrected chi connectivity index (χ1v) is 6.34. The van der Waals surface area contributed by atoms with Gasteiger partial charge >= 0.3 is 0 Å². The van der Waals surface area contributed by atoms with E-state index in [1.165, 1.54) is 31.2 Å². The van der Waals surface area contributed by atoms with Gasteiger partial charge < -0.3 is 4.90 Å². The van der Waals surface area contributed by atoms with E-state index in [1.807, 2.05) is 12.3 Å². The van der Waals surface area contributed by atoms with Crippen molar-refractivity contribution in [3.8, 4) is 0 Å². The molecule has 0 saturated heterocycles. The number of aromatic nitrogens is 1. The molecule has 88 valence electrons. The number of halogens is 1. The summed E-state index contributed by atoms with van der Waals surface area (Å²) in [6, 6.07) is 4.68. The Morgan fingerprint density at radius 2 is 2.00 bits per heavy atom. The van der Waals surface area contributed by atoms with Gasteiger partial charge in [-0.3, -0.25) is 0 Å². The van der Waals surface area contributed by atoms with E-state index < -0.39 is 0 Å². The summed E-state index contributed by atoms with van der Waals surface area (Å²) in [6.45, 7) is 0. The van der Waals surface area contributed by atoms with E-state index in [0.29, 0.717) is 17.1 Å². The fourth-order valence-electron chi connectivity index (χ4n) is 2.72. The molecule has 2 nitrogen and oxygen atoms in total. The van der Waals surface area contributed by atoms with E-state index in [1.54, 1.807) is 0 Å². The Morgan fingerprint density at radius 1 is 1.25 bits per heavy atom. The van der Waals surface area contributed by atoms with Gasteiger partial charge in [0.25, 0.3) is 0 Å². The molecule has 16 heavy (non-hydrogen) atoms. The van der Waals surface area contributed by atoms with Gasteiger partial charge in [0.15, 0.2) is 0 Å². The first-order valence-electron chi connectivity index (χ1n) is 5.96. The average Bonchev–Trinajstić information content (AvgIpc) is 2.30. The monoisotopic (exact) mass is 238 g/mol. The van der Waals surface area contributed by atoms with Crippen molar-refractivity contribution in [2.45, 2.75) is 37.6 Å². The van der Waals surface area contributed by atoms with Gasteiger partial charge in [0.1, 0.15) is 5.15 Å². The summed E-state index contributed by atoms with van der Waals surface area (Å²) in [5, 5.41) is 0.584. The number of likely N-dealkylation sites (N-methyl/N-ethyl adjacent to an activating group) is 1. The highest BCUT2D eigenvalue weighted by atomic mass is 35.5. The van der Waals surface area contributed by atoms with Crippen LogP contribution in [0.2, 0.25) is 5.15 Å². The molecule has 1 fully saturated rings. The second-order valence-corrected chi connectivity index (χ2v) is 5.22. The van der Waals surface area contributed by atoms with Crippen LogP contribution in [-0.4, -0.2) is 30.0 Å². The Kier molecular flexibility index (Phi) is 3.82. The number of hydrogen-bond acceptors (Lipinski definition) is 2. The van der Waals surface area contributed by atoms with Crippen LogP contribution < -0.4 is 0 Å². The van der Waals surface area contributed by atoms with Crippen molar-refractivity contribution in [2.24, 2.45) is 0 Å². The normalized spacial score (nSPS) is 26.0. The van der Waals surface area contributed by atoms with Crippen molar-refractivity contribution >= 4 is 11.6 Å². The molecule has 0 amide bonds. The van der Waals surface area contributed by atoms with Gasteiger partial charge in [-0.25, -0.2) is 4.98 Å². The molecule has 1 aliphatic rings. The lowest BCUT2D eigenvalue weighted by atomic mass is 9.80. The van der Waals surface area contributed by atoms with E-state index in [4.69, 9.17) is 11.6 Å². The Labute approximate surface area is 103 Å². The van der Waals surface area contributed by atoms with Gasteiger partial charge in [-0.2, -0.15) is 0 Å². The molecule has 0 N–H and O–H groups in total. The van der Waals surface area contributed by atoms with E-state index >= 15 is 0 Å². The highest BCUT2D eigenvalue weighted by molar-refractivity contribution is 6.29. The molecule has 1 aliphatic carbocycles.